The highest BCUT2D eigenvalue weighted by atomic mass is 79.9. The number of benzene rings is 1. The van der Waals surface area contributed by atoms with Crippen molar-refractivity contribution in [1.82, 2.24) is 0 Å². The van der Waals surface area contributed by atoms with Crippen LogP contribution in [-0.2, 0) is 0 Å². The molecule has 1 saturated carbocycles. The summed E-state index contributed by atoms with van der Waals surface area (Å²) < 4.78 is 0.782. The molecule has 1 aromatic rings. The minimum Gasteiger partial charge on any atom is -0.394 e. The van der Waals surface area contributed by atoms with Crippen molar-refractivity contribution in [3.05, 3.63) is 32.8 Å². The molecule has 19 heavy (non-hydrogen) atoms. The first-order chi connectivity index (χ1) is 9.06. The van der Waals surface area contributed by atoms with Crippen LogP contribution in [0.3, 0.4) is 0 Å². The first-order valence-corrected chi connectivity index (χ1v) is 7.19. The molecule has 0 bridgehead atoms. The maximum Gasteiger partial charge on any atom is 0.292 e. The molecule has 0 aromatic heterocycles. The van der Waals surface area contributed by atoms with Crippen LogP contribution in [0, 0.1) is 10.1 Å². The van der Waals surface area contributed by atoms with E-state index in [1.54, 1.807) is 12.1 Å². The van der Waals surface area contributed by atoms with Crippen LogP contribution in [0.25, 0.3) is 0 Å². The highest BCUT2D eigenvalue weighted by Crippen LogP contribution is 2.35. The van der Waals surface area contributed by atoms with Gasteiger partial charge in [0, 0.05) is 10.5 Å². The third-order valence-electron chi connectivity index (χ3n) is 3.67. The average Bonchev–Trinajstić information content (AvgIpc) is 2.39. The zero-order valence-corrected chi connectivity index (χ0v) is 12.1. The molecule has 0 unspecified atom stereocenters. The van der Waals surface area contributed by atoms with Crippen LogP contribution in [0.5, 0.6) is 0 Å². The smallest absolute Gasteiger partial charge is 0.292 e. The second kappa shape index (κ2) is 5.88. The summed E-state index contributed by atoms with van der Waals surface area (Å²) in [5, 5.41) is 23.9. The van der Waals surface area contributed by atoms with E-state index >= 15 is 0 Å². The third-order valence-corrected chi connectivity index (χ3v) is 4.16. The van der Waals surface area contributed by atoms with E-state index in [1.807, 2.05) is 0 Å². The van der Waals surface area contributed by atoms with Gasteiger partial charge in [-0.3, -0.25) is 10.1 Å². The molecule has 5 nitrogen and oxygen atoms in total. The Balaban J connectivity index is 2.30. The lowest BCUT2D eigenvalue weighted by Crippen LogP contribution is -2.44. The zero-order valence-electron chi connectivity index (χ0n) is 10.6. The summed E-state index contributed by atoms with van der Waals surface area (Å²) >= 11 is 3.32. The maximum atomic E-state index is 11.1. The van der Waals surface area contributed by atoms with Gasteiger partial charge in [0.15, 0.2) is 0 Å². The minimum atomic E-state index is -0.427. The number of hydrogen-bond donors (Lipinski definition) is 2. The van der Waals surface area contributed by atoms with Gasteiger partial charge in [-0.1, -0.05) is 35.2 Å². The van der Waals surface area contributed by atoms with E-state index in [-0.39, 0.29) is 12.3 Å². The number of nitro benzene ring substituents is 1. The van der Waals surface area contributed by atoms with Crippen LogP contribution in [-0.4, -0.2) is 22.2 Å². The van der Waals surface area contributed by atoms with E-state index in [4.69, 9.17) is 0 Å². The number of nitrogens with zero attached hydrogens (tertiary/aromatic N) is 1. The van der Waals surface area contributed by atoms with Gasteiger partial charge < -0.3 is 10.4 Å². The zero-order chi connectivity index (χ0) is 13.9. The van der Waals surface area contributed by atoms with E-state index < -0.39 is 10.5 Å². The van der Waals surface area contributed by atoms with Gasteiger partial charge in [-0.15, -0.1) is 0 Å². The molecule has 2 N–H and O–H groups in total. The summed E-state index contributed by atoms with van der Waals surface area (Å²) in [7, 11) is 0. The molecule has 1 fully saturated rings. The second-order valence-electron chi connectivity index (χ2n) is 5.04. The molecule has 0 atom stereocenters. The summed E-state index contributed by atoms with van der Waals surface area (Å²) in [6.07, 6.45) is 4.91. The topological polar surface area (TPSA) is 75.4 Å². The van der Waals surface area contributed by atoms with Crippen molar-refractivity contribution in [3.8, 4) is 0 Å². The second-order valence-corrected chi connectivity index (χ2v) is 5.96. The average molecular weight is 329 g/mol. The molecular formula is C13H17BrN2O3. The van der Waals surface area contributed by atoms with Crippen molar-refractivity contribution in [2.24, 2.45) is 0 Å². The monoisotopic (exact) mass is 328 g/mol. The van der Waals surface area contributed by atoms with Gasteiger partial charge in [0.1, 0.15) is 5.69 Å². The number of anilines is 1. The Morgan fingerprint density at radius 1 is 1.37 bits per heavy atom. The molecule has 1 aliphatic carbocycles. The van der Waals surface area contributed by atoms with Crippen molar-refractivity contribution in [3.63, 3.8) is 0 Å². The predicted molar refractivity (Wildman–Crippen MR) is 77.3 cm³/mol. The fourth-order valence-corrected chi connectivity index (χ4v) is 2.97. The molecule has 1 aromatic carbocycles. The minimum absolute atomic E-state index is 0.00331. The molecule has 6 heteroatoms. The van der Waals surface area contributed by atoms with Crippen molar-refractivity contribution >= 4 is 27.3 Å². The van der Waals surface area contributed by atoms with E-state index in [0.717, 1.165) is 36.6 Å². The van der Waals surface area contributed by atoms with Gasteiger partial charge >= 0.3 is 0 Å². The lowest BCUT2D eigenvalue weighted by Gasteiger charge is -2.37. The third kappa shape index (κ3) is 3.25. The number of nitrogens with one attached hydrogen (secondary N) is 1. The van der Waals surface area contributed by atoms with Gasteiger partial charge in [-0.2, -0.15) is 0 Å². The summed E-state index contributed by atoms with van der Waals surface area (Å²) in [6, 6.07) is 4.82. The summed E-state index contributed by atoms with van der Waals surface area (Å²) in [5.74, 6) is 0. The lowest BCUT2D eigenvalue weighted by molar-refractivity contribution is -0.384. The van der Waals surface area contributed by atoms with Crippen LogP contribution >= 0.6 is 15.9 Å². The van der Waals surface area contributed by atoms with Crippen molar-refractivity contribution in [1.29, 1.82) is 0 Å². The van der Waals surface area contributed by atoms with Crippen molar-refractivity contribution < 1.29 is 10.0 Å². The quantitative estimate of drug-likeness (QED) is 0.655. The van der Waals surface area contributed by atoms with Gasteiger partial charge in [-0.25, -0.2) is 0 Å². The van der Waals surface area contributed by atoms with Gasteiger partial charge in [0.2, 0.25) is 0 Å². The molecule has 104 valence electrons. The molecule has 0 aliphatic heterocycles. The Morgan fingerprint density at radius 3 is 2.63 bits per heavy atom. The van der Waals surface area contributed by atoms with Gasteiger partial charge in [-0.05, 0) is 25.0 Å². The molecule has 0 amide bonds. The molecule has 0 spiro atoms. The molecule has 1 aliphatic rings. The Kier molecular flexibility index (Phi) is 4.42. The fraction of sp³-hybridized carbons (Fsp3) is 0.538. The Morgan fingerprint density at radius 2 is 2.05 bits per heavy atom. The highest BCUT2D eigenvalue weighted by Gasteiger charge is 2.33. The van der Waals surface area contributed by atoms with Crippen LogP contribution in [0.1, 0.15) is 32.1 Å². The largest absolute Gasteiger partial charge is 0.394 e. The van der Waals surface area contributed by atoms with Crippen LogP contribution in [0.2, 0.25) is 0 Å². The normalized spacial score (nSPS) is 18.0. The predicted octanol–water partition coefficient (Wildman–Crippen LogP) is 3.46. The molecule has 0 heterocycles. The first-order valence-electron chi connectivity index (χ1n) is 6.39. The first kappa shape index (κ1) is 14.3. The van der Waals surface area contributed by atoms with Crippen LogP contribution in [0.4, 0.5) is 11.4 Å². The molecule has 2 rings (SSSR count). The van der Waals surface area contributed by atoms with E-state index in [2.05, 4.69) is 21.2 Å². The van der Waals surface area contributed by atoms with Crippen molar-refractivity contribution in [2.45, 2.75) is 37.6 Å². The van der Waals surface area contributed by atoms with Crippen molar-refractivity contribution in [2.75, 3.05) is 11.9 Å². The summed E-state index contributed by atoms with van der Waals surface area (Å²) in [6.45, 7) is -0.00331. The van der Waals surface area contributed by atoms with Crippen LogP contribution < -0.4 is 5.32 Å². The Labute approximate surface area is 120 Å². The summed E-state index contributed by atoms with van der Waals surface area (Å²) in [5.41, 5.74) is 0.0843. The lowest BCUT2D eigenvalue weighted by atomic mass is 9.82. The molecular weight excluding hydrogens is 312 g/mol. The van der Waals surface area contributed by atoms with Gasteiger partial charge in [0.05, 0.1) is 17.1 Å². The van der Waals surface area contributed by atoms with E-state index in [0.29, 0.717) is 5.69 Å². The Bertz CT molecular complexity index is 473. The van der Waals surface area contributed by atoms with E-state index in [9.17, 15) is 15.2 Å². The number of rotatable bonds is 4. The standard InChI is InChI=1S/C13H17BrN2O3/c14-10-4-5-12(16(18)19)11(8-10)15-13(9-17)6-2-1-3-7-13/h4-5,8,15,17H,1-3,6-7,9H2. The van der Waals surface area contributed by atoms with E-state index in [1.165, 1.54) is 6.07 Å². The number of hydrogen-bond acceptors (Lipinski definition) is 4. The highest BCUT2D eigenvalue weighted by molar-refractivity contribution is 9.10. The number of halogens is 1. The number of aliphatic hydroxyl groups is 1. The number of nitro groups is 1. The van der Waals surface area contributed by atoms with Gasteiger partial charge in [0.25, 0.3) is 5.69 Å². The fourth-order valence-electron chi connectivity index (χ4n) is 2.60. The maximum absolute atomic E-state index is 11.1. The number of aliphatic hydroxyl groups excluding tert-OH is 1. The summed E-state index contributed by atoms with van der Waals surface area (Å²) in [4.78, 5) is 10.7. The van der Waals surface area contributed by atoms with Crippen LogP contribution in [0.15, 0.2) is 22.7 Å². The SMILES string of the molecule is O=[N+]([O-])c1ccc(Br)cc1NC1(CO)CCCCC1. The Hall–Kier alpha value is -1.14. The molecule has 0 saturated heterocycles. The molecule has 0 radical (unpaired) electrons.